The third-order valence-electron chi connectivity index (χ3n) is 4.53. The molecule has 5 nitrogen and oxygen atoms in total. The third-order valence-corrected chi connectivity index (χ3v) is 4.53. The Bertz CT molecular complexity index is 719. The van der Waals surface area contributed by atoms with E-state index in [1.54, 1.807) is 7.11 Å². The second-order valence-electron chi connectivity index (χ2n) is 6.81. The van der Waals surface area contributed by atoms with Crippen LogP contribution in [0.15, 0.2) is 48.5 Å². The number of rotatable bonds is 10. The molecular weight excluding hydrogens is 340 g/mol. The molecule has 0 aliphatic carbocycles. The Morgan fingerprint density at radius 1 is 1.15 bits per heavy atom. The van der Waals surface area contributed by atoms with Crippen molar-refractivity contribution in [2.75, 3.05) is 27.3 Å². The topological polar surface area (TPSA) is 50.8 Å². The molecule has 0 fully saturated rings. The van der Waals surface area contributed by atoms with E-state index in [0.29, 0.717) is 31.1 Å². The summed E-state index contributed by atoms with van der Waals surface area (Å²) in [5, 5.41) is 2.98. The first-order valence-electron chi connectivity index (χ1n) is 9.28. The van der Waals surface area contributed by atoms with E-state index in [-0.39, 0.29) is 11.9 Å². The summed E-state index contributed by atoms with van der Waals surface area (Å²) in [7, 11) is 3.68. The molecule has 5 heteroatoms. The van der Waals surface area contributed by atoms with E-state index in [2.05, 4.69) is 36.3 Å². The van der Waals surface area contributed by atoms with E-state index in [9.17, 15) is 4.79 Å². The molecule has 0 spiro atoms. The van der Waals surface area contributed by atoms with Crippen molar-refractivity contribution in [3.8, 4) is 11.5 Å². The molecule has 1 N–H and O–H groups in total. The van der Waals surface area contributed by atoms with Crippen LogP contribution in [0, 0.1) is 6.92 Å². The van der Waals surface area contributed by atoms with Crippen molar-refractivity contribution in [3.63, 3.8) is 0 Å². The molecule has 0 radical (unpaired) electrons. The van der Waals surface area contributed by atoms with Gasteiger partial charge in [0.05, 0.1) is 20.1 Å². The van der Waals surface area contributed by atoms with Gasteiger partial charge in [0.1, 0.15) is 0 Å². The highest BCUT2D eigenvalue weighted by atomic mass is 16.5. The van der Waals surface area contributed by atoms with E-state index in [1.165, 1.54) is 5.56 Å². The molecule has 1 unspecified atom stereocenters. The average Bonchev–Trinajstić information content (AvgIpc) is 2.67. The average molecular weight is 370 g/mol. The maximum absolute atomic E-state index is 12.1. The van der Waals surface area contributed by atoms with Crippen LogP contribution in [0.5, 0.6) is 11.5 Å². The largest absolute Gasteiger partial charge is 0.493 e. The summed E-state index contributed by atoms with van der Waals surface area (Å²) in [6.45, 7) is 5.89. The van der Waals surface area contributed by atoms with Crippen molar-refractivity contribution in [3.05, 3.63) is 59.7 Å². The highest BCUT2D eigenvalue weighted by Crippen LogP contribution is 2.27. The number of benzene rings is 2. The van der Waals surface area contributed by atoms with Gasteiger partial charge in [0.25, 0.3) is 0 Å². The Hall–Kier alpha value is -2.53. The monoisotopic (exact) mass is 370 g/mol. The van der Waals surface area contributed by atoms with Crippen LogP contribution < -0.4 is 14.8 Å². The lowest BCUT2D eigenvalue weighted by Crippen LogP contribution is -2.40. The molecular formula is C22H30N2O3. The van der Waals surface area contributed by atoms with Gasteiger partial charge in [0.15, 0.2) is 11.5 Å². The van der Waals surface area contributed by atoms with Gasteiger partial charge in [0, 0.05) is 19.1 Å². The number of nitrogens with zero attached hydrogens (tertiary/aromatic N) is 1. The van der Waals surface area contributed by atoms with Crippen molar-refractivity contribution in [2.24, 2.45) is 0 Å². The van der Waals surface area contributed by atoms with Crippen molar-refractivity contribution in [2.45, 2.75) is 32.9 Å². The number of carbonyl (C=O) groups excluding carboxylic acids is 1. The van der Waals surface area contributed by atoms with Gasteiger partial charge in [0.2, 0.25) is 5.91 Å². The second-order valence-corrected chi connectivity index (χ2v) is 6.81. The highest BCUT2D eigenvalue weighted by molar-refractivity contribution is 5.76. The summed E-state index contributed by atoms with van der Waals surface area (Å²) in [6, 6.07) is 16.3. The maximum atomic E-state index is 12.1. The van der Waals surface area contributed by atoms with Crippen molar-refractivity contribution < 1.29 is 14.3 Å². The van der Waals surface area contributed by atoms with Crippen molar-refractivity contribution >= 4 is 5.91 Å². The Morgan fingerprint density at radius 3 is 2.59 bits per heavy atom. The van der Waals surface area contributed by atoms with Crippen molar-refractivity contribution in [1.29, 1.82) is 0 Å². The van der Waals surface area contributed by atoms with Crippen LogP contribution in [0.25, 0.3) is 0 Å². The first kappa shape index (κ1) is 20.8. The van der Waals surface area contributed by atoms with Crippen LogP contribution in [0.3, 0.4) is 0 Å². The molecule has 0 bridgehead atoms. The van der Waals surface area contributed by atoms with Gasteiger partial charge in [-0.3, -0.25) is 9.69 Å². The number of ether oxygens (including phenoxy) is 2. The predicted octanol–water partition coefficient (Wildman–Crippen LogP) is 3.41. The number of hydrogen-bond acceptors (Lipinski definition) is 4. The van der Waals surface area contributed by atoms with Gasteiger partial charge in [-0.05, 0) is 44.2 Å². The summed E-state index contributed by atoms with van der Waals surface area (Å²) in [4.78, 5) is 14.3. The Balaban J connectivity index is 1.70. The van der Waals surface area contributed by atoms with Gasteiger partial charge >= 0.3 is 0 Å². The molecule has 27 heavy (non-hydrogen) atoms. The van der Waals surface area contributed by atoms with Crippen molar-refractivity contribution in [1.82, 2.24) is 10.2 Å². The maximum Gasteiger partial charge on any atom is 0.223 e. The minimum Gasteiger partial charge on any atom is -0.493 e. The van der Waals surface area contributed by atoms with Gasteiger partial charge in [-0.1, -0.05) is 36.4 Å². The summed E-state index contributed by atoms with van der Waals surface area (Å²) in [6.07, 6.45) is 0.312. The molecule has 0 heterocycles. The van der Waals surface area contributed by atoms with Gasteiger partial charge in [-0.15, -0.1) is 0 Å². The Labute approximate surface area is 162 Å². The smallest absolute Gasteiger partial charge is 0.223 e. The molecule has 2 aromatic carbocycles. The van der Waals surface area contributed by atoms with Gasteiger partial charge in [-0.2, -0.15) is 0 Å². The number of aryl methyl sites for hydroxylation is 1. The number of amides is 1. The van der Waals surface area contributed by atoms with Gasteiger partial charge in [-0.25, -0.2) is 0 Å². The molecule has 146 valence electrons. The summed E-state index contributed by atoms with van der Waals surface area (Å²) in [5.41, 5.74) is 2.36. The fourth-order valence-electron chi connectivity index (χ4n) is 2.68. The zero-order chi connectivity index (χ0) is 19.6. The third kappa shape index (κ3) is 6.94. The lowest BCUT2D eigenvalue weighted by Gasteiger charge is -2.25. The standard InChI is InChI=1S/C22H30N2O3/c1-17-10-11-20(21(14-17)26-4)27-13-12-22(25)23-15-18(2)24(3)16-19-8-6-5-7-9-19/h5-11,14,18H,12-13,15-16H2,1-4H3,(H,23,25). The first-order valence-corrected chi connectivity index (χ1v) is 9.28. The Morgan fingerprint density at radius 2 is 1.89 bits per heavy atom. The van der Waals surface area contributed by atoms with E-state index < -0.39 is 0 Å². The molecule has 2 rings (SSSR count). The minimum absolute atomic E-state index is 0.0129. The second kappa shape index (κ2) is 10.6. The fraction of sp³-hybridized carbons (Fsp3) is 0.409. The van der Waals surface area contributed by atoms with Crippen LogP contribution in [0.2, 0.25) is 0 Å². The molecule has 1 atom stereocenters. The summed E-state index contributed by atoms with van der Waals surface area (Å²) >= 11 is 0. The molecule has 1 amide bonds. The lowest BCUT2D eigenvalue weighted by atomic mass is 10.2. The molecule has 0 aromatic heterocycles. The van der Waals surface area contributed by atoms with Crippen LogP contribution in [0.1, 0.15) is 24.5 Å². The number of likely N-dealkylation sites (N-methyl/N-ethyl adjacent to an activating group) is 1. The minimum atomic E-state index is -0.0129. The molecule has 0 saturated carbocycles. The van der Waals surface area contributed by atoms with E-state index in [1.807, 2.05) is 43.3 Å². The number of carbonyl (C=O) groups is 1. The number of hydrogen-bond donors (Lipinski definition) is 1. The summed E-state index contributed by atoms with van der Waals surface area (Å²) < 4.78 is 11.0. The fourth-order valence-corrected chi connectivity index (χ4v) is 2.68. The number of nitrogens with one attached hydrogen (secondary N) is 1. The van der Waals surface area contributed by atoms with Crippen LogP contribution in [-0.4, -0.2) is 44.2 Å². The van der Waals surface area contributed by atoms with Crippen LogP contribution >= 0.6 is 0 Å². The van der Waals surface area contributed by atoms with Crippen LogP contribution in [0.4, 0.5) is 0 Å². The van der Waals surface area contributed by atoms with E-state index in [0.717, 1.165) is 12.1 Å². The zero-order valence-electron chi connectivity index (χ0n) is 16.7. The lowest BCUT2D eigenvalue weighted by molar-refractivity contribution is -0.121. The highest BCUT2D eigenvalue weighted by Gasteiger charge is 2.12. The molecule has 0 aliphatic heterocycles. The summed E-state index contributed by atoms with van der Waals surface area (Å²) in [5.74, 6) is 1.33. The normalized spacial score (nSPS) is 11.9. The number of methoxy groups -OCH3 is 1. The molecule has 0 saturated heterocycles. The van der Waals surface area contributed by atoms with E-state index >= 15 is 0 Å². The zero-order valence-corrected chi connectivity index (χ0v) is 16.7. The molecule has 2 aromatic rings. The molecule has 0 aliphatic rings. The quantitative estimate of drug-likeness (QED) is 0.696. The first-order chi connectivity index (χ1) is 13.0. The van der Waals surface area contributed by atoms with Gasteiger partial charge < -0.3 is 14.8 Å². The SMILES string of the molecule is COc1cc(C)ccc1OCCC(=O)NCC(C)N(C)Cc1ccccc1. The van der Waals surface area contributed by atoms with E-state index in [4.69, 9.17) is 9.47 Å². The van der Waals surface area contributed by atoms with Crippen LogP contribution in [-0.2, 0) is 11.3 Å². The predicted molar refractivity (Wildman–Crippen MR) is 108 cm³/mol. The Kier molecular flexibility index (Phi) is 8.14.